The first-order valence-electron chi connectivity index (χ1n) is 7.78. The Morgan fingerprint density at radius 1 is 1.23 bits per heavy atom. The fraction of sp³-hybridized carbons (Fsp3) is 0.167. The lowest BCUT2D eigenvalue weighted by Crippen LogP contribution is -2.15. The maximum atomic E-state index is 12.2. The number of carbonyl (C=O) groups is 2. The summed E-state index contributed by atoms with van der Waals surface area (Å²) in [4.78, 5) is 28.6. The fourth-order valence-corrected chi connectivity index (χ4v) is 3.16. The SMILES string of the molecule is Cc1ccc(NC(=O)Cc2csc(NC(=O)c3ccoc3C)n2)cc1Cl. The molecule has 0 aliphatic heterocycles. The predicted molar refractivity (Wildman–Crippen MR) is 102 cm³/mol. The van der Waals surface area contributed by atoms with E-state index >= 15 is 0 Å². The van der Waals surface area contributed by atoms with Crippen LogP contribution in [0, 0.1) is 13.8 Å². The molecule has 6 nitrogen and oxygen atoms in total. The zero-order valence-corrected chi connectivity index (χ0v) is 15.7. The number of furan rings is 1. The second-order valence-corrected chi connectivity index (χ2v) is 6.94. The highest BCUT2D eigenvalue weighted by molar-refractivity contribution is 7.14. The first-order valence-corrected chi connectivity index (χ1v) is 9.04. The van der Waals surface area contributed by atoms with Gasteiger partial charge in [0.25, 0.3) is 5.91 Å². The Labute approximate surface area is 159 Å². The van der Waals surface area contributed by atoms with Crippen molar-refractivity contribution in [2.24, 2.45) is 0 Å². The lowest BCUT2D eigenvalue weighted by atomic mass is 10.2. The molecule has 0 spiro atoms. The molecule has 0 saturated heterocycles. The van der Waals surface area contributed by atoms with Crippen LogP contribution in [0.1, 0.15) is 27.4 Å². The Balaban J connectivity index is 1.59. The number of aryl methyl sites for hydroxylation is 2. The summed E-state index contributed by atoms with van der Waals surface area (Å²) < 4.78 is 5.11. The van der Waals surface area contributed by atoms with Crippen LogP contribution >= 0.6 is 22.9 Å². The Kier molecular flexibility index (Phi) is 5.39. The van der Waals surface area contributed by atoms with Gasteiger partial charge in [-0.2, -0.15) is 0 Å². The van der Waals surface area contributed by atoms with Crippen LogP contribution in [0.2, 0.25) is 5.02 Å². The van der Waals surface area contributed by atoms with E-state index in [1.165, 1.54) is 17.6 Å². The molecule has 1 aromatic carbocycles. The summed E-state index contributed by atoms with van der Waals surface area (Å²) in [5.41, 5.74) is 2.60. The maximum absolute atomic E-state index is 12.2. The van der Waals surface area contributed by atoms with E-state index < -0.39 is 0 Å². The van der Waals surface area contributed by atoms with Crippen LogP contribution in [0.25, 0.3) is 0 Å². The van der Waals surface area contributed by atoms with Gasteiger partial charge in [-0.05, 0) is 37.6 Å². The number of nitrogens with one attached hydrogen (secondary N) is 2. The lowest BCUT2D eigenvalue weighted by molar-refractivity contribution is -0.115. The molecule has 3 aromatic rings. The van der Waals surface area contributed by atoms with E-state index in [-0.39, 0.29) is 18.2 Å². The van der Waals surface area contributed by atoms with E-state index in [0.717, 1.165) is 5.56 Å². The molecule has 2 amide bonds. The van der Waals surface area contributed by atoms with Crippen molar-refractivity contribution in [3.05, 3.63) is 63.5 Å². The van der Waals surface area contributed by atoms with E-state index in [1.54, 1.807) is 30.5 Å². The molecule has 8 heteroatoms. The molecule has 0 aliphatic rings. The molecule has 3 rings (SSSR count). The molecular formula is C18H16ClN3O3S. The molecule has 2 N–H and O–H groups in total. The normalized spacial score (nSPS) is 10.6. The molecule has 26 heavy (non-hydrogen) atoms. The van der Waals surface area contributed by atoms with Gasteiger partial charge in [-0.1, -0.05) is 17.7 Å². The van der Waals surface area contributed by atoms with Crippen LogP contribution in [0.4, 0.5) is 10.8 Å². The topological polar surface area (TPSA) is 84.2 Å². The molecule has 0 bridgehead atoms. The molecule has 0 fully saturated rings. The van der Waals surface area contributed by atoms with E-state index in [9.17, 15) is 9.59 Å². The molecular weight excluding hydrogens is 374 g/mol. The lowest BCUT2D eigenvalue weighted by Gasteiger charge is -2.06. The highest BCUT2D eigenvalue weighted by Crippen LogP contribution is 2.21. The number of halogens is 1. The van der Waals surface area contributed by atoms with Crippen molar-refractivity contribution in [3.8, 4) is 0 Å². The third-order valence-corrected chi connectivity index (χ3v) is 4.89. The Morgan fingerprint density at radius 2 is 2.04 bits per heavy atom. The van der Waals surface area contributed by atoms with Gasteiger partial charge in [0.15, 0.2) is 5.13 Å². The van der Waals surface area contributed by atoms with Crippen LogP contribution < -0.4 is 10.6 Å². The van der Waals surface area contributed by atoms with Gasteiger partial charge in [0, 0.05) is 16.1 Å². The van der Waals surface area contributed by atoms with Crippen molar-refractivity contribution < 1.29 is 14.0 Å². The smallest absolute Gasteiger partial charge is 0.260 e. The first-order chi connectivity index (χ1) is 12.4. The first kappa shape index (κ1) is 18.2. The largest absolute Gasteiger partial charge is 0.469 e. The average Bonchev–Trinajstić information content (AvgIpc) is 3.20. The number of hydrogen-bond acceptors (Lipinski definition) is 5. The summed E-state index contributed by atoms with van der Waals surface area (Å²) in [5, 5.41) is 8.24. The average molecular weight is 390 g/mol. The minimum atomic E-state index is -0.295. The standard InChI is InChI=1S/C18H16ClN3O3S/c1-10-3-4-12(7-15(10)19)20-16(23)8-13-9-26-18(21-13)22-17(24)14-5-6-25-11(14)2/h3-7,9H,8H2,1-2H3,(H,20,23)(H,21,22,24). The van der Waals surface area contributed by atoms with Gasteiger partial charge in [0.2, 0.25) is 5.91 Å². The molecule has 0 atom stereocenters. The molecule has 0 aliphatic carbocycles. The van der Waals surface area contributed by atoms with Gasteiger partial charge in [0.1, 0.15) is 5.76 Å². The number of aromatic nitrogens is 1. The van der Waals surface area contributed by atoms with Gasteiger partial charge in [-0.15, -0.1) is 11.3 Å². The van der Waals surface area contributed by atoms with E-state index in [4.69, 9.17) is 16.0 Å². The van der Waals surface area contributed by atoms with Crippen molar-refractivity contribution in [1.82, 2.24) is 4.98 Å². The number of thiazole rings is 1. The number of amides is 2. The molecule has 0 radical (unpaired) electrons. The number of anilines is 2. The summed E-state index contributed by atoms with van der Waals surface area (Å²) in [7, 11) is 0. The van der Waals surface area contributed by atoms with Gasteiger partial charge in [0.05, 0.1) is 23.9 Å². The molecule has 0 unspecified atom stereocenters. The summed E-state index contributed by atoms with van der Waals surface area (Å²) >= 11 is 7.31. The monoisotopic (exact) mass is 389 g/mol. The van der Waals surface area contributed by atoms with E-state index in [2.05, 4.69) is 15.6 Å². The van der Waals surface area contributed by atoms with Crippen molar-refractivity contribution in [3.63, 3.8) is 0 Å². The zero-order chi connectivity index (χ0) is 18.7. The van der Waals surface area contributed by atoms with Crippen LogP contribution in [0.15, 0.2) is 40.3 Å². The zero-order valence-electron chi connectivity index (χ0n) is 14.1. The Hall–Kier alpha value is -2.64. The van der Waals surface area contributed by atoms with Crippen molar-refractivity contribution in [1.29, 1.82) is 0 Å². The number of hydrogen-bond donors (Lipinski definition) is 2. The van der Waals surface area contributed by atoms with Gasteiger partial charge >= 0.3 is 0 Å². The van der Waals surface area contributed by atoms with Crippen LogP contribution in [0.5, 0.6) is 0 Å². The number of benzene rings is 1. The second kappa shape index (κ2) is 7.72. The van der Waals surface area contributed by atoms with Gasteiger partial charge in [-0.25, -0.2) is 4.98 Å². The molecule has 2 aromatic heterocycles. The predicted octanol–water partition coefficient (Wildman–Crippen LogP) is 4.44. The number of nitrogens with zero attached hydrogens (tertiary/aromatic N) is 1. The van der Waals surface area contributed by atoms with Crippen LogP contribution in [0.3, 0.4) is 0 Å². The van der Waals surface area contributed by atoms with Crippen LogP contribution in [-0.4, -0.2) is 16.8 Å². The minimum absolute atomic E-state index is 0.0998. The molecule has 134 valence electrons. The number of rotatable bonds is 5. The summed E-state index contributed by atoms with van der Waals surface area (Å²) in [6, 6.07) is 6.93. The fourth-order valence-electron chi connectivity index (χ4n) is 2.27. The highest BCUT2D eigenvalue weighted by atomic mass is 35.5. The Morgan fingerprint density at radius 3 is 2.73 bits per heavy atom. The second-order valence-electron chi connectivity index (χ2n) is 5.68. The number of carbonyl (C=O) groups excluding carboxylic acids is 2. The molecule has 0 saturated carbocycles. The summed E-state index contributed by atoms with van der Waals surface area (Å²) in [6.07, 6.45) is 1.56. The minimum Gasteiger partial charge on any atom is -0.469 e. The maximum Gasteiger partial charge on any atom is 0.260 e. The summed E-state index contributed by atoms with van der Waals surface area (Å²) in [6.45, 7) is 3.61. The molecule has 2 heterocycles. The third-order valence-electron chi connectivity index (χ3n) is 3.67. The van der Waals surface area contributed by atoms with E-state index in [1.807, 2.05) is 13.0 Å². The van der Waals surface area contributed by atoms with Crippen molar-refractivity contribution >= 4 is 45.6 Å². The summed E-state index contributed by atoms with van der Waals surface area (Å²) in [5.74, 6) is 0.0325. The van der Waals surface area contributed by atoms with Gasteiger partial charge < -0.3 is 9.73 Å². The van der Waals surface area contributed by atoms with Crippen molar-refractivity contribution in [2.45, 2.75) is 20.3 Å². The van der Waals surface area contributed by atoms with E-state index in [0.29, 0.717) is 32.9 Å². The Bertz CT molecular complexity index is 964. The highest BCUT2D eigenvalue weighted by Gasteiger charge is 2.14. The van der Waals surface area contributed by atoms with Gasteiger partial charge in [-0.3, -0.25) is 14.9 Å². The quantitative estimate of drug-likeness (QED) is 0.675. The third kappa shape index (κ3) is 4.30. The van der Waals surface area contributed by atoms with Crippen molar-refractivity contribution in [2.75, 3.05) is 10.6 Å². The van der Waals surface area contributed by atoms with Crippen LogP contribution in [-0.2, 0) is 11.2 Å².